The van der Waals surface area contributed by atoms with Crippen LogP contribution in [0.3, 0.4) is 0 Å². The fourth-order valence-corrected chi connectivity index (χ4v) is 5.04. The van der Waals surface area contributed by atoms with Crippen molar-refractivity contribution in [3.8, 4) is 23.0 Å². The zero-order chi connectivity index (χ0) is 33.3. The molecule has 3 aliphatic rings. The molecule has 0 spiro atoms. The van der Waals surface area contributed by atoms with Crippen molar-refractivity contribution in [3.05, 3.63) is 53.3 Å². The van der Waals surface area contributed by atoms with E-state index in [-0.39, 0.29) is 28.6 Å². The highest BCUT2D eigenvalue weighted by atomic mass is 16.8. The summed E-state index contributed by atoms with van der Waals surface area (Å²) in [5.74, 6) is -3.45. The first kappa shape index (κ1) is 33.2. The second-order valence-electron chi connectivity index (χ2n) is 10.8. The van der Waals surface area contributed by atoms with Crippen LogP contribution in [0.25, 0.3) is 6.08 Å². The summed E-state index contributed by atoms with van der Waals surface area (Å²) in [4.78, 5) is 22.7. The van der Waals surface area contributed by atoms with Crippen LogP contribution in [0, 0.1) is 0 Å². The van der Waals surface area contributed by atoms with Crippen molar-refractivity contribution < 1.29 is 84.0 Å². The van der Waals surface area contributed by atoms with Crippen molar-refractivity contribution in [3.63, 3.8) is 0 Å². The monoisotopic (exact) mass is 652 g/mol. The second-order valence-corrected chi connectivity index (χ2v) is 10.8. The molecule has 2 saturated heterocycles. The number of aliphatic carboxylic acids is 1. The smallest absolute Gasteiger partial charge is 0.317 e. The normalized spacial score (nSPS) is 32.4. The lowest BCUT2D eigenvalue weighted by atomic mass is 9.97. The van der Waals surface area contributed by atoms with Crippen molar-refractivity contribution in [2.75, 3.05) is 13.2 Å². The van der Waals surface area contributed by atoms with Gasteiger partial charge in [0.15, 0.2) is 18.5 Å². The van der Waals surface area contributed by atoms with E-state index in [1.54, 1.807) is 0 Å². The minimum absolute atomic E-state index is 0.0465. The Morgan fingerprint density at radius 2 is 1.59 bits per heavy atom. The molecule has 17 nitrogen and oxygen atoms in total. The maximum atomic E-state index is 11.9. The first-order valence-electron chi connectivity index (χ1n) is 13.9. The highest BCUT2D eigenvalue weighted by Gasteiger charge is 2.51. The summed E-state index contributed by atoms with van der Waals surface area (Å²) in [5, 5.41) is 91.5. The number of esters is 1. The number of carbonyl (C=O) groups excluding carboxylic acids is 1. The van der Waals surface area contributed by atoms with E-state index >= 15 is 0 Å². The van der Waals surface area contributed by atoms with Gasteiger partial charge < -0.3 is 74.4 Å². The number of rotatable bonds is 9. The Morgan fingerprint density at radius 3 is 2.28 bits per heavy atom. The summed E-state index contributed by atoms with van der Waals surface area (Å²) < 4.78 is 33.9. The lowest BCUT2D eigenvalue weighted by Crippen LogP contribution is -2.63. The average Bonchev–Trinajstić information content (AvgIpc) is 3.00. The lowest BCUT2D eigenvalue weighted by Gasteiger charge is -2.45. The van der Waals surface area contributed by atoms with Gasteiger partial charge in [-0.2, -0.15) is 0 Å². The van der Waals surface area contributed by atoms with Crippen LogP contribution in [0.15, 0.2) is 42.2 Å². The van der Waals surface area contributed by atoms with Gasteiger partial charge in [0.05, 0.1) is 12.2 Å². The minimum atomic E-state index is -1.91. The molecule has 9 N–H and O–H groups in total. The fraction of sp³-hybridized carbons (Fsp3) is 0.448. The summed E-state index contributed by atoms with van der Waals surface area (Å²) in [7, 11) is 0. The maximum absolute atomic E-state index is 11.9. The first-order chi connectivity index (χ1) is 21.8. The first-order valence-corrected chi connectivity index (χ1v) is 13.9. The van der Waals surface area contributed by atoms with Crippen molar-refractivity contribution in [2.24, 2.45) is 0 Å². The van der Waals surface area contributed by atoms with Gasteiger partial charge in [0, 0.05) is 17.7 Å². The van der Waals surface area contributed by atoms with Crippen molar-refractivity contribution in [1.29, 1.82) is 0 Å². The zero-order valence-corrected chi connectivity index (χ0v) is 23.7. The van der Waals surface area contributed by atoms with E-state index in [0.717, 1.165) is 6.07 Å². The molecule has 17 heteroatoms. The Balaban J connectivity index is 1.49. The van der Waals surface area contributed by atoms with E-state index in [2.05, 4.69) is 0 Å². The number of carboxylic acids is 1. The number of carbonyl (C=O) groups is 2. The lowest BCUT2D eigenvalue weighted by molar-refractivity contribution is -0.352. The quantitative estimate of drug-likeness (QED) is 0.111. The Bertz CT molecular complexity index is 1440. The summed E-state index contributed by atoms with van der Waals surface area (Å²) in [6.07, 6.45) is -16.1. The molecule has 0 aliphatic carbocycles. The standard InChI is InChI=1S/C29H32O17/c30-12-3-1-11(2-4-12)26-18(7-14-15(32)5-13(31)6-17(14)43-26)44-29-27(46-28-25(40)22(37)16(33)9-42-28)24(39)23(38)19(45-29)10-41-21(36)8-20(34)35/h1-7,16,19,22-33,37-40H,8-10H2,(H,34,35)/t16-,19-,22-,23-,24-,25-,26?,27+,28-,29+/m0/s1. The predicted molar refractivity (Wildman–Crippen MR) is 147 cm³/mol. The van der Waals surface area contributed by atoms with Crippen molar-refractivity contribution >= 4 is 18.0 Å². The molecule has 2 aromatic rings. The molecular weight excluding hydrogens is 620 g/mol. The van der Waals surface area contributed by atoms with E-state index in [0.29, 0.717) is 5.56 Å². The molecule has 1 unspecified atom stereocenters. The average molecular weight is 653 g/mol. The van der Waals surface area contributed by atoms with Crippen LogP contribution in [0.5, 0.6) is 23.0 Å². The summed E-state index contributed by atoms with van der Waals surface area (Å²) in [6, 6.07) is 7.98. The number of aliphatic hydroxyl groups is 5. The summed E-state index contributed by atoms with van der Waals surface area (Å²) >= 11 is 0. The molecule has 0 radical (unpaired) electrons. The number of phenolic OH excluding ortho intramolecular Hbond substituents is 3. The fourth-order valence-electron chi connectivity index (χ4n) is 5.04. The minimum Gasteiger partial charge on any atom is -0.508 e. The van der Waals surface area contributed by atoms with Crippen LogP contribution in [0.2, 0.25) is 0 Å². The molecule has 0 amide bonds. The number of benzene rings is 2. The predicted octanol–water partition coefficient (Wildman–Crippen LogP) is -1.42. The molecule has 0 saturated carbocycles. The van der Waals surface area contributed by atoms with Gasteiger partial charge in [0.1, 0.15) is 78.4 Å². The van der Waals surface area contributed by atoms with Crippen LogP contribution in [0.4, 0.5) is 0 Å². The molecule has 5 rings (SSSR count). The van der Waals surface area contributed by atoms with Gasteiger partial charge in [-0.1, -0.05) is 12.1 Å². The topological polar surface area (TPSA) is 272 Å². The third-order valence-corrected chi connectivity index (χ3v) is 7.44. The highest BCUT2D eigenvalue weighted by molar-refractivity contribution is 5.90. The third-order valence-electron chi connectivity index (χ3n) is 7.44. The Labute approximate surface area is 259 Å². The molecule has 0 bridgehead atoms. The van der Waals surface area contributed by atoms with E-state index in [1.165, 1.54) is 36.4 Å². The number of hydrogen-bond donors (Lipinski definition) is 9. The molecular formula is C29H32O17. The van der Waals surface area contributed by atoms with Crippen LogP contribution in [0.1, 0.15) is 23.7 Å². The number of aliphatic hydroxyl groups excluding tert-OH is 5. The number of carboxylic acid groups (broad SMARTS) is 1. The van der Waals surface area contributed by atoms with Crippen LogP contribution in [-0.4, -0.2) is 126 Å². The zero-order valence-electron chi connectivity index (χ0n) is 23.7. The van der Waals surface area contributed by atoms with E-state index in [4.69, 9.17) is 33.5 Å². The van der Waals surface area contributed by atoms with Gasteiger partial charge in [0.2, 0.25) is 6.29 Å². The maximum Gasteiger partial charge on any atom is 0.317 e. The van der Waals surface area contributed by atoms with E-state index < -0.39 is 98.7 Å². The van der Waals surface area contributed by atoms with Gasteiger partial charge in [-0.15, -0.1) is 0 Å². The van der Waals surface area contributed by atoms with E-state index in [9.17, 15) is 50.4 Å². The number of ether oxygens (including phenoxy) is 6. The Kier molecular flexibility index (Phi) is 9.85. The number of phenols is 3. The third kappa shape index (κ3) is 7.11. The number of fused-ring (bicyclic) bond motifs is 1. The Hall–Kier alpha value is -4.20. The van der Waals surface area contributed by atoms with Crippen LogP contribution in [-0.2, 0) is 33.3 Å². The summed E-state index contributed by atoms with van der Waals surface area (Å²) in [6.45, 7) is -1.20. The molecule has 0 aromatic heterocycles. The van der Waals surface area contributed by atoms with Gasteiger partial charge in [0.25, 0.3) is 0 Å². The molecule has 2 fully saturated rings. The molecule has 10 atom stereocenters. The van der Waals surface area contributed by atoms with E-state index in [1.807, 2.05) is 0 Å². The number of hydrogen-bond acceptors (Lipinski definition) is 16. The van der Waals surface area contributed by atoms with Crippen LogP contribution < -0.4 is 4.74 Å². The Morgan fingerprint density at radius 1 is 0.870 bits per heavy atom. The molecule has 2 aromatic carbocycles. The highest BCUT2D eigenvalue weighted by Crippen LogP contribution is 2.45. The molecule has 250 valence electrons. The van der Waals surface area contributed by atoms with Gasteiger partial charge in [-0.05, 0) is 18.2 Å². The van der Waals surface area contributed by atoms with Gasteiger partial charge in [-0.3, -0.25) is 9.59 Å². The summed E-state index contributed by atoms with van der Waals surface area (Å²) in [5.41, 5.74) is 0.465. The van der Waals surface area contributed by atoms with Gasteiger partial charge in [-0.25, -0.2) is 0 Å². The van der Waals surface area contributed by atoms with Gasteiger partial charge >= 0.3 is 11.9 Å². The molecule has 3 heterocycles. The van der Waals surface area contributed by atoms with Crippen molar-refractivity contribution in [1.82, 2.24) is 0 Å². The second kappa shape index (κ2) is 13.7. The van der Waals surface area contributed by atoms with Crippen LogP contribution >= 0.6 is 0 Å². The largest absolute Gasteiger partial charge is 0.508 e. The SMILES string of the molecule is O=C(O)CC(=O)OC[C@@H]1O[C@@H](OC2=Cc3c(O)cc(O)cc3OC2c2ccc(O)cc2)[C@H](O[C@@H]2OC[C@H](O)[C@H](O)[C@@H]2O)[C@@H](O)[C@H]1O. The number of aromatic hydroxyl groups is 3. The molecule has 3 aliphatic heterocycles. The van der Waals surface area contributed by atoms with Crippen molar-refractivity contribution in [2.45, 2.75) is 67.8 Å². The molecule has 46 heavy (non-hydrogen) atoms.